The first kappa shape index (κ1) is 21.6. The fourth-order valence-electron chi connectivity index (χ4n) is 3.96. The largest absolute Gasteiger partial charge is 0.461 e. The summed E-state index contributed by atoms with van der Waals surface area (Å²) >= 11 is 0. The van der Waals surface area contributed by atoms with Crippen molar-refractivity contribution < 1.29 is 18.4 Å². The summed E-state index contributed by atoms with van der Waals surface area (Å²) in [7, 11) is 0. The van der Waals surface area contributed by atoms with Crippen LogP contribution in [0.3, 0.4) is 0 Å². The molecule has 2 heterocycles. The molecule has 6 nitrogen and oxygen atoms in total. The van der Waals surface area contributed by atoms with Gasteiger partial charge < -0.3 is 20.4 Å². The van der Waals surface area contributed by atoms with E-state index in [-0.39, 0.29) is 30.0 Å². The van der Waals surface area contributed by atoms with Crippen molar-refractivity contribution in [2.24, 2.45) is 11.7 Å². The van der Waals surface area contributed by atoms with Crippen LogP contribution in [0.4, 0.5) is 15.8 Å². The number of rotatable bonds is 7. The molecule has 1 aliphatic rings. The first-order valence-corrected chi connectivity index (χ1v) is 10.8. The van der Waals surface area contributed by atoms with Gasteiger partial charge in [0.15, 0.2) is 0 Å². The number of nitrogens with zero attached hydrogens (tertiary/aromatic N) is 1. The highest BCUT2D eigenvalue weighted by atomic mass is 19.1. The second-order valence-corrected chi connectivity index (χ2v) is 8.00. The molecule has 0 unspecified atom stereocenters. The van der Waals surface area contributed by atoms with Gasteiger partial charge in [-0.2, -0.15) is 0 Å². The lowest BCUT2D eigenvalue weighted by atomic mass is 9.96. The molecule has 2 aromatic carbocycles. The van der Waals surface area contributed by atoms with E-state index < -0.39 is 0 Å². The molecule has 1 saturated heterocycles. The van der Waals surface area contributed by atoms with Crippen LogP contribution in [0.1, 0.15) is 25.0 Å². The van der Waals surface area contributed by atoms with Gasteiger partial charge in [-0.1, -0.05) is 12.1 Å². The Labute approximate surface area is 186 Å². The predicted octanol–water partition coefficient (Wildman–Crippen LogP) is 4.36. The van der Waals surface area contributed by atoms with Crippen molar-refractivity contribution in [1.82, 2.24) is 0 Å². The fraction of sp³-hybridized carbons (Fsp3) is 0.280. The maximum atomic E-state index is 13.9. The lowest BCUT2D eigenvalue weighted by molar-refractivity contribution is -0.122. The molecule has 166 valence electrons. The summed E-state index contributed by atoms with van der Waals surface area (Å²) in [6.07, 6.45) is 2.21. The maximum absolute atomic E-state index is 13.9. The van der Waals surface area contributed by atoms with Gasteiger partial charge in [0.25, 0.3) is 0 Å². The van der Waals surface area contributed by atoms with Gasteiger partial charge in [-0.3, -0.25) is 9.59 Å². The molecule has 1 aliphatic heterocycles. The van der Waals surface area contributed by atoms with Crippen LogP contribution in [0.2, 0.25) is 0 Å². The van der Waals surface area contributed by atoms with E-state index in [9.17, 15) is 14.0 Å². The standard InChI is InChI=1S/C25H26FN3O3/c26-22-4-2-1-3-21(22)23-11-9-20(32-23)10-12-24(30)28-18-5-7-19(8-6-18)29-15-13-17(14-16-29)25(27)31/h1-9,11,17H,10,12-16H2,(H2,27,31)(H,28,30). The Morgan fingerprint density at radius 1 is 1.03 bits per heavy atom. The maximum Gasteiger partial charge on any atom is 0.224 e. The topological polar surface area (TPSA) is 88.6 Å². The molecule has 0 atom stereocenters. The van der Waals surface area contributed by atoms with Crippen LogP contribution < -0.4 is 16.0 Å². The van der Waals surface area contributed by atoms with E-state index in [0.29, 0.717) is 23.5 Å². The Hall–Kier alpha value is -3.61. The number of hydrogen-bond donors (Lipinski definition) is 2. The fourth-order valence-corrected chi connectivity index (χ4v) is 3.96. The monoisotopic (exact) mass is 435 g/mol. The highest BCUT2D eigenvalue weighted by molar-refractivity contribution is 5.91. The number of piperidine rings is 1. The van der Waals surface area contributed by atoms with Crippen LogP contribution in [-0.2, 0) is 16.0 Å². The van der Waals surface area contributed by atoms with E-state index in [2.05, 4.69) is 10.2 Å². The Bertz CT molecular complexity index is 1090. The number of nitrogens with one attached hydrogen (secondary N) is 1. The number of nitrogens with two attached hydrogens (primary N) is 1. The van der Waals surface area contributed by atoms with E-state index in [4.69, 9.17) is 10.2 Å². The highest BCUT2D eigenvalue weighted by Gasteiger charge is 2.23. The molecule has 7 heteroatoms. The zero-order valence-electron chi connectivity index (χ0n) is 17.7. The average molecular weight is 435 g/mol. The van der Waals surface area contributed by atoms with Gasteiger partial charge in [0.1, 0.15) is 17.3 Å². The summed E-state index contributed by atoms with van der Waals surface area (Å²) in [6, 6.07) is 17.6. The summed E-state index contributed by atoms with van der Waals surface area (Å²) in [4.78, 5) is 25.9. The Morgan fingerprint density at radius 3 is 2.44 bits per heavy atom. The van der Waals surface area contributed by atoms with E-state index in [1.165, 1.54) is 6.07 Å². The molecule has 4 rings (SSSR count). The van der Waals surface area contributed by atoms with E-state index in [1.807, 2.05) is 24.3 Å². The zero-order valence-corrected chi connectivity index (χ0v) is 17.7. The molecule has 0 bridgehead atoms. The minimum atomic E-state index is -0.341. The molecule has 1 aromatic heterocycles. The number of benzene rings is 2. The number of anilines is 2. The van der Waals surface area contributed by atoms with Crippen molar-refractivity contribution in [2.75, 3.05) is 23.3 Å². The molecule has 3 aromatic rings. The molecule has 3 N–H and O–H groups in total. The van der Waals surface area contributed by atoms with Gasteiger partial charge in [-0.05, 0) is 61.4 Å². The van der Waals surface area contributed by atoms with Crippen LogP contribution in [0.25, 0.3) is 11.3 Å². The lowest BCUT2D eigenvalue weighted by Crippen LogP contribution is -2.38. The third-order valence-corrected chi connectivity index (χ3v) is 5.81. The zero-order chi connectivity index (χ0) is 22.5. The van der Waals surface area contributed by atoms with Crippen LogP contribution in [-0.4, -0.2) is 24.9 Å². The minimum Gasteiger partial charge on any atom is -0.461 e. The van der Waals surface area contributed by atoms with Crippen LogP contribution in [0, 0.1) is 11.7 Å². The Kier molecular flexibility index (Phi) is 6.54. The van der Waals surface area contributed by atoms with E-state index in [0.717, 1.165) is 37.3 Å². The van der Waals surface area contributed by atoms with Gasteiger partial charge in [0.05, 0.1) is 5.56 Å². The normalized spacial score (nSPS) is 14.3. The second kappa shape index (κ2) is 9.68. The number of halogens is 1. The SMILES string of the molecule is NC(=O)C1CCN(c2ccc(NC(=O)CCc3ccc(-c4ccccc4F)o3)cc2)CC1. The summed E-state index contributed by atoms with van der Waals surface area (Å²) in [5, 5.41) is 2.89. The van der Waals surface area contributed by atoms with Crippen LogP contribution in [0.5, 0.6) is 0 Å². The smallest absolute Gasteiger partial charge is 0.224 e. The third kappa shape index (κ3) is 5.17. The quantitative estimate of drug-likeness (QED) is 0.577. The Balaban J connectivity index is 1.27. The molecule has 2 amide bonds. The van der Waals surface area contributed by atoms with Gasteiger partial charge in [-0.15, -0.1) is 0 Å². The molecule has 1 fully saturated rings. The van der Waals surface area contributed by atoms with Crippen LogP contribution in [0.15, 0.2) is 65.1 Å². The lowest BCUT2D eigenvalue weighted by Gasteiger charge is -2.32. The molecular weight excluding hydrogens is 409 g/mol. The van der Waals surface area contributed by atoms with Crippen molar-refractivity contribution in [1.29, 1.82) is 0 Å². The molecular formula is C25H26FN3O3. The van der Waals surface area contributed by atoms with Crippen molar-refractivity contribution >= 4 is 23.2 Å². The molecule has 32 heavy (non-hydrogen) atoms. The summed E-state index contributed by atoms with van der Waals surface area (Å²) in [6.45, 7) is 1.58. The van der Waals surface area contributed by atoms with Gasteiger partial charge >= 0.3 is 0 Å². The number of carbonyl (C=O) groups is 2. The molecule has 0 saturated carbocycles. The number of aryl methyl sites for hydroxylation is 1. The van der Waals surface area contributed by atoms with Crippen LogP contribution >= 0.6 is 0 Å². The number of furan rings is 1. The third-order valence-electron chi connectivity index (χ3n) is 5.81. The minimum absolute atomic E-state index is 0.0400. The molecule has 0 aliphatic carbocycles. The summed E-state index contributed by atoms with van der Waals surface area (Å²) in [5.74, 6) is 0.361. The summed E-state index contributed by atoms with van der Waals surface area (Å²) < 4.78 is 19.6. The van der Waals surface area contributed by atoms with E-state index in [1.54, 1.807) is 30.3 Å². The average Bonchev–Trinajstić information content (AvgIpc) is 3.27. The van der Waals surface area contributed by atoms with E-state index >= 15 is 0 Å². The Morgan fingerprint density at radius 2 is 1.75 bits per heavy atom. The number of primary amides is 1. The van der Waals surface area contributed by atoms with Gasteiger partial charge in [0.2, 0.25) is 11.8 Å². The summed E-state index contributed by atoms with van der Waals surface area (Å²) in [5.41, 5.74) is 7.58. The van der Waals surface area contributed by atoms with Crippen molar-refractivity contribution in [3.8, 4) is 11.3 Å². The second-order valence-electron chi connectivity index (χ2n) is 8.00. The number of hydrogen-bond acceptors (Lipinski definition) is 4. The molecule has 0 spiro atoms. The van der Waals surface area contributed by atoms with Crippen molar-refractivity contribution in [2.45, 2.75) is 25.7 Å². The highest BCUT2D eigenvalue weighted by Crippen LogP contribution is 2.26. The molecule has 0 radical (unpaired) electrons. The van der Waals surface area contributed by atoms with Crippen molar-refractivity contribution in [3.63, 3.8) is 0 Å². The first-order valence-electron chi connectivity index (χ1n) is 10.8. The predicted molar refractivity (Wildman–Crippen MR) is 122 cm³/mol. The number of amides is 2. The number of carbonyl (C=O) groups excluding carboxylic acids is 2. The first-order chi connectivity index (χ1) is 15.5. The van der Waals surface area contributed by atoms with Gasteiger partial charge in [-0.25, -0.2) is 4.39 Å². The van der Waals surface area contributed by atoms with Crippen molar-refractivity contribution in [3.05, 3.63) is 72.2 Å². The van der Waals surface area contributed by atoms with Gasteiger partial charge in [0, 0.05) is 43.2 Å².